The van der Waals surface area contributed by atoms with Gasteiger partial charge in [-0.1, -0.05) is 30.3 Å². The topological polar surface area (TPSA) is 136 Å². The summed E-state index contributed by atoms with van der Waals surface area (Å²) in [6.45, 7) is -0.572. The minimum atomic E-state index is -3.63. The monoisotopic (exact) mass is 479 g/mol. The van der Waals surface area contributed by atoms with E-state index in [0.717, 1.165) is 26.8 Å². The van der Waals surface area contributed by atoms with Crippen molar-refractivity contribution >= 4 is 37.1 Å². The lowest BCUT2D eigenvalue weighted by Gasteiger charge is -2.40. The number of benzene rings is 2. The normalized spacial score (nSPS) is 26.3. The zero-order valence-electron chi connectivity index (χ0n) is 17.2. The summed E-state index contributed by atoms with van der Waals surface area (Å²) in [6.07, 6.45) is -5.26. The lowest BCUT2D eigenvalue weighted by Crippen LogP contribution is -2.55. The first kappa shape index (κ1) is 23.1. The summed E-state index contributed by atoms with van der Waals surface area (Å²) in [5.74, 6) is 0. The summed E-state index contributed by atoms with van der Waals surface area (Å²) in [5.41, 5.74) is 1.35. The van der Waals surface area contributed by atoms with Gasteiger partial charge in [-0.05, 0) is 29.1 Å². The molecule has 5 N–H and O–H groups in total. The summed E-state index contributed by atoms with van der Waals surface area (Å²) < 4.78 is 33.0. The van der Waals surface area contributed by atoms with Crippen LogP contribution in [0.2, 0.25) is 0 Å². The Labute approximate surface area is 189 Å². The first-order valence-corrected chi connectivity index (χ1v) is 12.8. The fourth-order valence-corrected chi connectivity index (χ4v) is 5.62. The molecule has 172 valence electrons. The first-order valence-electron chi connectivity index (χ1n) is 10.0. The fraction of sp³-hybridized carbons (Fsp3) is 0.364. The predicted molar refractivity (Wildman–Crippen MR) is 122 cm³/mol. The Kier molecular flexibility index (Phi) is 6.55. The van der Waals surface area contributed by atoms with Crippen LogP contribution in [0.25, 0.3) is 10.1 Å². The maximum atomic E-state index is 11.9. The van der Waals surface area contributed by atoms with Crippen molar-refractivity contribution in [1.82, 2.24) is 0 Å². The quantitative estimate of drug-likeness (QED) is 0.360. The second-order valence-electron chi connectivity index (χ2n) is 7.97. The molecule has 1 aromatic heterocycles. The molecule has 2 heterocycles. The summed E-state index contributed by atoms with van der Waals surface area (Å²) >= 11 is 1.65. The van der Waals surface area contributed by atoms with Crippen molar-refractivity contribution in [2.75, 3.05) is 17.6 Å². The molecule has 0 radical (unpaired) electrons. The number of anilines is 1. The summed E-state index contributed by atoms with van der Waals surface area (Å²) in [4.78, 5) is 1.11. The van der Waals surface area contributed by atoms with E-state index < -0.39 is 47.2 Å². The minimum absolute atomic E-state index is 0.192. The molecular formula is C22H25NO7S2. The standard InChI is InChI=1S/C22H25NO7S2/c1-32(28,29)23-16-7-6-12(8-14-10-13-4-2-3-5-18(13)31-14)9-15(16)22-21(27)20(26)19(25)17(11-24)30-22/h2-7,9-10,17,19-27H,8,11H2,1H3/t17-,19-,20+,21-,22+/m1/s1. The number of hydrogen-bond acceptors (Lipinski definition) is 8. The van der Waals surface area contributed by atoms with E-state index >= 15 is 0 Å². The smallest absolute Gasteiger partial charge is 0.229 e. The second-order valence-corrected chi connectivity index (χ2v) is 10.9. The van der Waals surface area contributed by atoms with Crippen molar-refractivity contribution in [2.24, 2.45) is 0 Å². The highest BCUT2D eigenvalue weighted by Crippen LogP contribution is 2.37. The summed E-state index contributed by atoms with van der Waals surface area (Å²) in [7, 11) is -3.63. The van der Waals surface area contributed by atoms with Crippen molar-refractivity contribution in [1.29, 1.82) is 0 Å². The summed E-state index contributed by atoms with van der Waals surface area (Å²) in [5, 5.41) is 41.5. The van der Waals surface area contributed by atoms with Crippen molar-refractivity contribution in [3.63, 3.8) is 0 Å². The fourth-order valence-electron chi connectivity index (χ4n) is 3.93. The largest absolute Gasteiger partial charge is 0.394 e. The van der Waals surface area contributed by atoms with Gasteiger partial charge in [0.2, 0.25) is 10.0 Å². The van der Waals surface area contributed by atoms with Gasteiger partial charge in [-0.25, -0.2) is 8.42 Å². The molecule has 32 heavy (non-hydrogen) atoms. The number of nitrogens with one attached hydrogen (secondary N) is 1. The molecule has 4 rings (SSSR count). The Balaban J connectivity index is 1.72. The predicted octanol–water partition coefficient (Wildman–Crippen LogP) is 1.38. The first-order chi connectivity index (χ1) is 15.2. The van der Waals surface area contributed by atoms with E-state index in [-0.39, 0.29) is 5.69 Å². The molecule has 0 unspecified atom stereocenters. The second kappa shape index (κ2) is 9.06. The molecule has 1 fully saturated rings. The van der Waals surface area contributed by atoms with Crippen LogP contribution in [0.1, 0.15) is 22.1 Å². The molecular weight excluding hydrogens is 454 g/mol. The highest BCUT2D eigenvalue weighted by Gasteiger charge is 2.44. The van der Waals surface area contributed by atoms with Crippen LogP contribution in [0.4, 0.5) is 5.69 Å². The van der Waals surface area contributed by atoms with E-state index in [9.17, 15) is 28.8 Å². The highest BCUT2D eigenvalue weighted by molar-refractivity contribution is 7.92. The summed E-state index contributed by atoms with van der Waals surface area (Å²) in [6, 6.07) is 15.2. The van der Waals surface area contributed by atoms with Gasteiger partial charge >= 0.3 is 0 Å². The van der Waals surface area contributed by atoms with E-state index in [0.29, 0.717) is 12.0 Å². The number of sulfonamides is 1. The number of hydrogen-bond donors (Lipinski definition) is 5. The molecule has 0 bridgehead atoms. The molecule has 1 saturated heterocycles. The zero-order valence-corrected chi connectivity index (χ0v) is 18.9. The number of fused-ring (bicyclic) bond motifs is 1. The molecule has 0 spiro atoms. The van der Waals surface area contributed by atoms with Gasteiger partial charge < -0.3 is 25.2 Å². The van der Waals surface area contributed by atoms with Gasteiger partial charge in [0.15, 0.2) is 0 Å². The average Bonchev–Trinajstić information content (AvgIpc) is 3.15. The van der Waals surface area contributed by atoms with Crippen molar-refractivity contribution in [3.05, 3.63) is 64.5 Å². The van der Waals surface area contributed by atoms with Gasteiger partial charge in [0, 0.05) is 21.6 Å². The Morgan fingerprint density at radius 2 is 1.78 bits per heavy atom. The van der Waals surface area contributed by atoms with Crippen LogP contribution in [-0.4, -0.2) is 66.1 Å². The van der Waals surface area contributed by atoms with Gasteiger partial charge in [-0.2, -0.15) is 0 Å². The van der Waals surface area contributed by atoms with E-state index in [2.05, 4.69) is 10.8 Å². The Morgan fingerprint density at radius 1 is 1.03 bits per heavy atom. The van der Waals surface area contributed by atoms with Crippen LogP contribution in [0.5, 0.6) is 0 Å². The third-order valence-corrected chi connectivity index (χ3v) is 7.17. The van der Waals surface area contributed by atoms with Crippen LogP contribution >= 0.6 is 11.3 Å². The average molecular weight is 480 g/mol. The number of thiophene rings is 1. The molecule has 3 aromatic rings. The molecule has 2 aromatic carbocycles. The maximum absolute atomic E-state index is 11.9. The molecule has 1 aliphatic heterocycles. The molecule has 0 aliphatic carbocycles. The van der Waals surface area contributed by atoms with Gasteiger partial charge in [0.25, 0.3) is 0 Å². The highest BCUT2D eigenvalue weighted by atomic mass is 32.2. The van der Waals surface area contributed by atoms with Crippen LogP contribution in [-0.2, 0) is 21.2 Å². The molecule has 8 nitrogen and oxygen atoms in total. The van der Waals surface area contributed by atoms with Crippen molar-refractivity contribution in [2.45, 2.75) is 36.9 Å². The molecule has 1 aliphatic rings. The number of aliphatic hydroxyl groups excluding tert-OH is 4. The molecule has 10 heteroatoms. The molecule has 0 saturated carbocycles. The zero-order chi connectivity index (χ0) is 23.0. The third-order valence-electron chi connectivity index (χ3n) is 5.47. The van der Waals surface area contributed by atoms with Gasteiger partial charge in [-0.15, -0.1) is 11.3 Å². The van der Waals surface area contributed by atoms with E-state index in [1.807, 2.05) is 24.3 Å². The van der Waals surface area contributed by atoms with Crippen LogP contribution in [0.15, 0.2) is 48.5 Å². The van der Waals surface area contributed by atoms with Gasteiger partial charge in [-0.3, -0.25) is 4.72 Å². The van der Waals surface area contributed by atoms with Crippen LogP contribution in [0.3, 0.4) is 0 Å². The van der Waals surface area contributed by atoms with Gasteiger partial charge in [0.05, 0.1) is 18.6 Å². The van der Waals surface area contributed by atoms with E-state index in [1.54, 1.807) is 29.5 Å². The van der Waals surface area contributed by atoms with Crippen molar-refractivity contribution < 1.29 is 33.6 Å². The maximum Gasteiger partial charge on any atom is 0.229 e. The lowest BCUT2D eigenvalue weighted by atomic mass is 9.89. The number of rotatable bonds is 6. The van der Waals surface area contributed by atoms with E-state index in [1.165, 1.54) is 0 Å². The Hall–Kier alpha value is -2.05. The van der Waals surface area contributed by atoms with Crippen molar-refractivity contribution in [3.8, 4) is 0 Å². The Bertz CT molecular complexity index is 1170. The number of ether oxygens (including phenoxy) is 1. The molecule has 0 amide bonds. The van der Waals surface area contributed by atoms with Gasteiger partial charge in [0.1, 0.15) is 30.5 Å². The number of aliphatic hydroxyl groups is 4. The van der Waals surface area contributed by atoms with Crippen LogP contribution < -0.4 is 4.72 Å². The van der Waals surface area contributed by atoms with Crippen LogP contribution in [0, 0.1) is 0 Å². The Morgan fingerprint density at radius 3 is 2.47 bits per heavy atom. The lowest BCUT2D eigenvalue weighted by molar-refractivity contribution is -0.231. The SMILES string of the molecule is CS(=O)(=O)Nc1ccc(Cc2cc3ccccc3s2)cc1[C@@H]1O[C@H](CO)[C@@H](O)[C@H](O)[C@H]1O. The molecule has 5 atom stereocenters. The minimum Gasteiger partial charge on any atom is -0.394 e. The van der Waals surface area contributed by atoms with E-state index in [4.69, 9.17) is 4.74 Å². The third kappa shape index (κ3) is 4.81.